The highest BCUT2D eigenvalue weighted by Gasteiger charge is 2.05. The minimum Gasteiger partial charge on any atom is -0.310 e. The summed E-state index contributed by atoms with van der Waals surface area (Å²) in [6, 6.07) is 11.0. The minimum absolute atomic E-state index is 0.108. The Morgan fingerprint density at radius 3 is 2.83 bits per heavy atom. The lowest BCUT2D eigenvalue weighted by Gasteiger charge is -2.04. The Kier molecular flexibility index (Phi) is 4.33. The molecule has 1 heterocycles. The standard InChI is InChI=1S/C13H10BrClN2O/c14-10-3-1-2-9(6-10)7-13(18)17-12-5-4-11(15)8-16-12/h1-6,8H,7H2,(H,16,17,18). The third-order valence-corrected chi connectivity index (χ3v) is 2.97. The van der Waals surface area contributed by atoms with E-state index in [2.05, 4.69) is 26.2 Å². The maximum atomic E-state index is 11.8. The van der Waals surface area contributed by atoms with E-state index in [0.29, 0.717) is 17.3 Å². The van der Waals surface area contributed by atoms with Crippen LogP contribution in [0.15, 0.2) is 47.1 Å². The van der Waals surface area contributed by atoms with Crippen molar-refractivity contribution < 1.29 is 4.79 Å². The predicted molar refractivity (Wildman–Crippen MR) is 75.7 cm³/mol. The zero-order valence-electron chi connectivity index (χ0n) is 9.36. The van der Waals surface area contributed by atoms with Crippen molar-refractivity contribution >= 4 is 39.3 Å². The summed E-state index contributed by atoms with van der Waals surface area (Å²) in [4.78, 5) is 15.8. The molecule has 0 aliphatic heterocycles. The van der Waals surface area contributed by atoms with Crippen molar-refractivity contribution in [1.29, 1.82) is 0 Å². The molecule has 1 amide bonds. The van der Waals surface area contributed by atoms with Gasteiger partial charge in [0.25, 0.3) is 0 Å². The van der Waals surface area contributed by atoms with Crippen LogP contribution in [0.1, 0.15) is 5.56 Å². The summed E-state index contributed by atoms with van der Waals surface area (Å²) in [6.07, 6.45) is 1.81. The number of pyridine rings is 1. The summed E-state index contributed by atoms with van der Waals surface area (Å²) in [5, 5.41) is 3.25. The molecule has 0 aliphatic carbocycles. The number of rotatable bonds is 3. The summed E-state index contributed by atoms with van der Waals surface area (Å²) in [7, 11) is 0. The van der Waals surface area contributed by atoms with Crippen LogP contribution in [0.2, 0.25) is 5.02 Å². The lowest BCUT2D eigenvalue weighted by molar-refractivity contribution is -0.115. The Hall–Kier alpha value is -1.39. The number of hydrogen-bond acceptors (Lipinski definition) is 2. The zero-order valence-corrected chi connectivity index (χ0v) is 11.7. The molecule has 0 atom stereocenters. The Balaban J connectivity index is 1.98. The number of nitrogens with one attached hydrogen (secondary N) is 1. The van der Waals surface area contributed by atoms with Gasteiger partial charge in [-0.1, -0.05) is 39.7 Å². The monoisotopic (exact) mass is 324 g/mol. The maximum absolute atomic E-state index is 11.8. The van der Waals surface area contributed by atoms with E-state index in [1.54, 1.807) is 12.1 Å². The Morgan fingerprint density at radius 1 is 1.33 bits per heavy atom. The van der Waals surface area contributed by atoms with Gasteiger partial charge in [-0.15, -0.1) is 0 Å². The number of halogens is 2. The van der Waals surface area contributed by atoms with Gasteiger partial charge in [0.2, 0.25) is 5.91 Å². The van der Waals surface area contributed by atoms with Crippen LogP contribution in [0, 0.1) is 0 Å². The maximum Gasteiger partial charge on any atom is 0.229 e. The van der Waals surface area contributed by atoms with Gasteiger partial charge in [0, 0.05) is 10.7 Å². The molecular weight excluding hydrogens is 316 g/mol. The molecule has 1 aromatic heterocycles. The van der Waals surface area contributed by atoms with Crippen LogP contribution in [0.4, 0.5) is 5.82 Å². The molecule has 0 spiro atoms. The van der Waals surface area contributed by atoms with Gasteiger partial charge in [0.15, 0.2) is 0 Å². The van der Waals surface area contributed by atoms with Gasteiger partial charge in [-0.25, -0.2) is 4.98 Å². The number of benzene rings is 1. The highest BCUT2D eigenvalue weighted by molar-refractivity contribution is 9.10. The van der Waals surface area contributed by atoms with Gasteiger partial charge >= 0.3 is 0 Å². The van der Waals surface area contributed by atoms with Crippen molar-refractivity contribution in [2.75, 3.05) is 5.32 Å². The molecule has 0 radical (unpaired) electrons. The van der Waals surface area contributed by atoms with E-state index in [1.807, 2.05) is 24.3 Å². The molecule has 0 fully saturated rings. The van der Waals surface area contributed by atoms with Crippen LogP contribution >= 0.6 is 27.5 Å². The van der Waals surface area contributed by atoms with Crippen molar-refractivity contribution in [3.05, 3.63) is 57.7 Å². The van der Waals surface area contributed by atoms with Crippen LogP contribution in [0.5, 0.6) is 0 Å². The fraction of sp³-hybridized carbons (Fsp3) is 0.0769. The first kappa shape index (κ1) is 13.1. The summed E-state index contributed by atoms with van der Waals surface area (Å²) in [6.45, 7) is 0. The van der Waals surface area contributed by atoms with Gasteiger partial charge < -0.3 is 5.32 Å². The van der Waals surface area contributed by atoms with Gasteiger partial charge in [-0.05, 0) is 29.8 Å². The van der Waals surface area contributed by atoms with Crippen molar-refractivity contribution in [2.24, 2.45) is 0 Å². The fourth-order valence-electron chi connectivity index (χ4n) is 1.47. The number of carbonyl (C=O) groups excluding carboxylic acids is 1. The van der Waals surface area contributed by atoms with E-state index in [4.69, 9.17) is 11.6 Å². The number of anilines is 1. The Morgan fingerprint density at radius 2 is 2.17 bits per heavy atom. The second kappa shape index (κ2) is 5.98. The van der Waals surface area contributed by atoms with Gasteiger partial charge in [-0.2, -0.15) is 0 Å². The summed E-state index contributed by atoms with van der Waals surface area (Å²) in [5.41, 5.74) is 0.941. The number of carbonyl (C=O) groups is 1. The summed E-state index contributed by atoms with van der Waals surface area (Å²) < 4.78 is 0.956. The lowest BCUT2D eigenvalue weighted by Crippen LogP contribution is -2.15. The molecule has 0 unspecified atom stereocenters. The van der Waals surface area contributed by atoms with Crippen LogP contribution in [0.25, 0.3) is 0 Å². The molecule has 5 heteroatoms. The molecule has 18 heavy (non-hydrogen) atoms. The van der Waals surface area contributed by atoms with Crippen molar-refractivity contribution in [3.63, 3.8) is 0 Å². The largest absolute Gasteiger partial charge is 0.310 e. The van der Waals surface area contributed by atoms with Crippen LogP contribution < -0.4 is 5.32 Å². The van der Waals surface area contributed by atoms with E-state index < -0.39 is 0 Å². The second-order valence-corrected chi connectivity index (χ2v) is 5.07. The molecule has 0 aliphatic rings. The minimum atomic E-state index is -0.108. The summed E-state index contributed by atoms with van der Waals surface area (Å²) >= 11 is 9.08. The highest BCUT2D eigenvalue weighted by Crippen LogP contribution is 2.13. The predicted octanol–water partition coefficient (Wildman–Crippen LogP) is 3.68. The van der Waals surface area contributed by atoms with E-state index in [1.165, 1.54) is 6.20 Å². The number of hydrogen-bond donors (Lipinski definition) is 1. The first-order chi connectivity index (χ1) is 8.63. The molecule has 1 aromatic carbocycles. The second-order valence-electron chi connectivity index (χ2n) is 3.72. The zero-order chi connectivity index (χ0) is 13.0. The fourth-order valence-corrected chi connectivity index (χ4v) is 2.03. The van der Waals surface area contributed by atoms with E-state index in [0.717, 1.165) is 10.0 Å². The third-order valence-electron chi connectivity index (χ3n) is 2.25. The number of nitrogens with zero attached hydrogens (tertiary/aromatic N) is 1. The average Bonchev–Trinajstić information content (AvgIpc) is 2.32. The molecular formula is C13H10BrClN2O. The summed E-state index contributed by atoms with van der Waals surface area (Å²) in [5.74, 6) is 0.391. The molecule has 2 rings (SSSR count). The topological polar surface area (TPSA) is 42.0 Å². The lowest BCUT2D eigenvalue weighted by atomic mass is 10.1. The van der Waals surface area contributed by atoms with Gasteiger partial charge in [-0.3, -0.25) is 4.79 Å². The van der Waals surface area contributed by atoms with Gasteiger partial charge in [0.05, 0.1) is 11.4 Å². The van der Waals surface area contributed by atoms with Crippen molar-refractivity contribution in [2.45, 2.75) is 6.42 Å². The molecule has 0 bridgehead atoms. The molecule has 2 aromatic rings. The number of aromatic nitrogens is 1. The first-order valence-corrected chi connectivity index (χ1v) is 6.46. The number of amides is 1. The molecule has 0 saturated carbocycles. The van der Waals surface area contributed by atoms with Gasteiger partial charge in [0.1, 0.15) is 5.82 Å². The van der Waals surface area contributed by atoms with Crippen molar-refractivity contribution in [3.8, 4) is 0 Å². The highest BCUT2D eigenvalue weighted by atomic mass is 79.9. The van der Waals surface area contributed by atoms with Crippen LogP contribution in [-0.4, -0.2) is 10.9 Å². The van der Waals surface area contributed by atoms with E-state index >= 15 is 0 Å². The Labute approximate surface area is 118 Å². The van der Waals surface area contributed by atoms with E-state index in [-0.39, 0.29) is 5.91 Å². The SMILES string of the molecule is O=C(Cc1cccc(Br)c1)Nc1ccc(Cl)cn1. The van der Waals surface area contributed by atoms with E-state index in [9.17, 15) is 4.79 Å². The smallest absolute Gasteiger partial charge is 0.229 e. The van der Waals surface area contributed by atoms with Crippen molar-refractivity contribution in [1.82, 2.24) is 4.98 Å². The third kappa shape index (κ3) is 3.82. The molecule has 3 nitrogen and oxygen atoms in total. The normalized spacial score (nSPS) is 10.1. The average molecular weight is 326 g/mol. The van der Waals surface area contributed by atoms with Crippen LogP contribution in [-0.2, 0) is 11.2 Å². The van der Waals surface area contributed by atoms with Crippen LogP contribution in [0.3, 0.4) is 0 Å². The first-order valence-electron chi connectivity index (χ1n) is 5.29. The quantitative estimate of drug-likeness (QED) is 0.935. The molecule has 0 saturated heterocycles. The molecule has 1 N–H and O–H groups in total. The molecule has 92 valence electrons. The Bertz CT molecular complexity index is 557.